The predicted octanol–water partition coefficient (Wildman–Crippen LogP) is 6.14. The molecule has 3 nitrogen and oxygen atoms in total. The van der Waals surface area contributed by atoms with Gasteiger partial charge in [0.1, 0.15) is 4.83 Å². The number of pyridine rings is 1. The Kier molecular flexibility index (Phi) is 5.78. The molecule has 0 saturated heterocycles. The number of anilines is 1. The van der Waals surface area contributed by atoms with E-state index in [4.69, 9.17) is 15.8 Å². The van der Waals surface area contributed by atoms with Gasteiger partial charge in [0, 0.05) is 12.0 Å². The third-order valence-electron chi connectivity index (χ3n) is 4.31. The molecule has 6 heteroatoms. The topological polar surface area (TPSA) is 59.1 Å². The molecule has 1 aromatic carbocycles. The number of nitrogens with two attached hydrogens (primary N) is 1. The molecule has 3 aromatic heterocycles. The van der Waals surface area contributed by atoms with E-state index >= 15 is 0 Å². The Labute approximate surface area is 170 Å². The number of thioether (sulfide) groups is 1. The molecule has 3 N–H and O–H groups in total. The van der Waals surface area contributed by atoms with Crippen molar-refractivity contribution < 1.29 is 5.11 Å². The van der Waals surface area contributed by atoms with Gasteiger partial charge in [-0.2, -0.15) is 0 Å². The number of aliphatic hydroxyl groups excluding tert-OH is 1. The summed E-state index contributed by atoms with van der Waals surface area (Å²) in [6.45, 7) is 0.242. The second kappa shape index (κ2) is 8.44. The first-order chi connectivity index (χ1) is 13.3. The summed E-state index contributed by atoms with van der Waals surface area (Å²) in [6.07, 6.45) is 1.81. The smallest absolute Gasteiger partial charge is 0.127 e. The molecule has 0 spiro atoms. The minimum atomic E-state index is 0.242. The van der Waals surface area contributed by atoms with Crippen molar-refractivity contribution in [3.63, 3.8) is 0 Å². The fourth-order valence-corrected chi connectivity index (χ4v) is 6.04. The van der Waals surface area contributed by atoms with Gasteiger partial charge in [0.25, 0.3) is 0 Å². The lowest BCUT2D eigenvalue weighted by Crippen LogP contribution is -1.90. The Morgan fingerprint density at radius 2 is 1.93 bits per heavy atom. The zero-order chi connectivity index (χ0) is 18.6. The average molecular weight is 413 g/mol. The minimum Gasteiger partial charge on any atom is -0.397 e. The fraction of sp³-hybridized carbons (Fsp3) is 0.190. The summed E-state index contributed by atoms with van der Waals surface area (Å²) in [7, 11) is 0. The highest BCUT2D eigenvalue weighted by atomic mass is 32.2. The zero-order valence-corrected chi connectivity index (χ0v) is 17.2. The van der Waals surface area contributed by atoms with E-state index in [1.807, 2.05) is 6.07 Å². The van der Waals surface area contributed by atoms with Gasteiger partial charge in [0.15, 0.2) is 0 Å². The van der Waals surface area contributed by atoms with Crippen molar-refractivity contribution >= 4 is 50.3 Å². The molecule has 0 radical (unpaired) electrons. The van der Waals surface area contributed by atoms with Gasteiger partial charge in [-0.15, -0.1) is 34.4 Å². The first-order valence-corrected chi connectivity index (χ1v) is 11.5. The van der Waals surface area contributed by atoms with Crippen molar-refractivity contribution in [2.45, 2.75) is 17.1 Å². The predicted molar refractivity (Wildman–Crippen MR) is 120 cm³/mol. The van der Waals surface area contributed by atoms with Gasteiger partial charge in [0.05, 0.1) is 20.5 Å². The number of benzene rings is 1. The third kappa shape index (κ3) is 3.89. The second-order valence-electron chi connectivity index (χ2n) is 6.16. The van der Waals surface area contributed by atoms with E-state index in [0.717, 1.165) is 55.5 Å². The summed E-state index contributed by atoms with van der Waals surface area (Å²) in [4.78, 5) is 7.08. The molecule has 0 amide bonds. The van der Waals surface area contributed by atoms with Crippen LogP contribution in [0.5, 0.6) is 0 Å². The van der Waals surface area contributed by atoms with Gasteiger partial charge in [-0.25, -0.2) is 4.98 Å². The van der Waals surface area contributed by atoms with Gasteiger partial charge in [0.2, 0.25) is 0 Å². The lowest BCUT2D eigenvalue weighted by molar-refractivity contribution is 0.287. The van der Waals surface area contributed by atoms with E-state index in [1.165, 1.54) is 4.88 Å². The number of fused-ring (bicyclic) bond motifs is 1. The number of aromatic nitrogens is 1. The molecule has 4 aromatic rings. The van der Waals surface area contributed by atoms with Crippen LogP contribution in [-0.4, -0.2) is 22.5 Å². The molecule has 3 heterocycles. The quantitative estimate of drug-likeness (QED) is 0.283. The summed E-state index contributed by atoms with van der Waals surface area (Å²) in [6, 6.07) is 16.7. The number of rotatable bonds is 7. The van der Waals surface area contributed by atoms with Crippen molar-refractivity contribution in [1.29, 1.82) is 0 Å². The maximum absolute atomic E-state index is 8.98. The van der Waals surface area contributed by atoms with Gasteiger partial charge in [-0.05, 0) is 47.2 Å². The first-order valence-electron chi connectivity index (χ1n) is 8.84. The van der Waals surface area contributed by atoms with Crippen LogP contribution < -0.4 is 5.73 Å². The van der Waals surface area contributed by atoms with Crippen LogP contribution in [0.15, 0.2) is 58.1 Å². The Morgan fingerprint density at radius 3 is 2.67 bits per heavy atom. The van der Waals surface area contributed by atoms with Gasteiger partial charge in [-0.3, -0.25) is 0 Å². The molecule has 0 aliphatic heterocycles. The van der Waals surface area contributed by atoms with Crippen molar-refractivity contribution in [1.82, 2.24) is 4.98 Å². The molecule has 0 unspecified atom stereocenters. The molecule has 0 atom stereocenters. The van der Waals surface area contributed by atoms with Crippen LogP contribution in [0.3, 0.4) is 0 Å². The first kappa shape index (κ1) is 18.5. The monoisotopic (exact) mass is 412 g/mol. The van der Waals surface area contributed by atoms with Crippen LogP contribution in [0, 0.1) is 0 Å². The highest BCUT2D eigenvalue weighted by Crippen LogP contribution is 2.45. The number of unbranched alkanes of at least 4 members (excludes halogenated alkanes) is 1. The number of hydrogen-bond acceptors (Lipinski definition) is 6. The number of thiophene rings is 2. The Balaban J connectivity index is 1.83. The van der Waals surface area contributed by atoms with Crippen LogP contribution in [-0.2, 0) is 0 Å². The van der Waals surface area contributed by atoms with Gasteiger partial charge in [-0.1, -0.05) is 36.4 Å². The molecular weight excluding hydrogens is 392 g/mol. The fourth-order valence-electron chi connectivity index (χ4n) is 2.98. The maximum Gasteiger partial charge on any atom is 0.127 e. The molecule has 4 rings (SSSR count). The van der Waals surface area contributed by atoms with Crippen LogP contribution in [0.2, 0.25) is 0 Å². The summed E-state index contributed by atoms with van der Waals surface area (Å²) < 4.78 is 1.12. The SMILES string of the molecule is Nc1c(SCCCCO)sc2nc(-c3cccs3)cc(-c3ccccc3)c12. The number of hydrogen-bond donors (Lipinski definition) is 2. The Morgan fingerprint density at radius 1 is 1.07 bits per heavy atom. The van der Waals surface area contributed by atoms with Crippen LogP contribution in [0.1, 0.15) is 12.8 Å². The maximum atomic E-state index is 8.98. The zero-order valence-electron chi connectivity index (χ0n) is 14.7. The normalized spacial score (nSPS) is 11.3. The van der Waals surface area contributed by atoms with Crippen molar-refractivity contribution in [3.05, 3.63) is 53.9 Å². The molecule has 0 aliphatic carbocycles. The van der Waals surface area contributed by atoms with Crippen molar-refractivity contribution in [2.24, 2.45) is 0 Å². The minimum absolute atomic E-state index is 0.242. The molecule has 0 aliphatic rings. The Hall–Kier alpha value is -1.86. The Bertz CT molecular complexity index is 1030. The van der Waals surface area contributed by atoms with Crippen molar-refractivity contribution in [2.75, 3.05) is 18.1 Å². The molecule has 0 saturated carbocycles. The third-order valence-corrected chi connectivity index (χ3v) is 7.67. The molecule has 0 bridgehead atoms. The van der Waals surface area contributed by atoms with E-state index in [1.54, 1.807) is 34.4 Å². The summed E-state index contributed by atoms with van der Waals surface area (Å²) in [5.74, 6) is 0.954. The highest BCUT2D eigenvalue weighted by molar-refractivity contribution is 8.01. The summed E-state index contributed by atoms with van der Waals surface area (Å²) in [5, 5.41) is 12.1. The lowest BCUT2D eigenvalue weighted by atomic mass is 10.0. The standard InChI is InChI=1S/C21H20N2OS3/c22-19-18-15(14-7-2-1-3-8-14)13-16(17-9-6-12-25-17)23-20(18)27-21(19)26-11-5-4-10-24/h1-3,6-9,12-13,24H,4-5,10-11,22H2. The number of nitrogen functional groups attached to an aromatic ring is 1. The van der Waals surface area contributed by atoms with Crippen LogP contribution in [0.25, 0.3) is 31.9 Å². The van der Waals surface area contributed by atoms with Crippen LogP contribution >= 0.6 is 34.4 Å². The summed E-state index contributed by atoms with van der Waals surface area (Å²) >= 11 is 5.14. The highest BCUT2D eigenvalue weighted by Gasteiger charge is 2.18. The average Bonchev–Trinajstić information content (AvgIpc) is 3.34. The van der Waals surface area contributed by atoms with Crippen molar-refractivity contribution in [3.8, 4) is 21.7 Å². The molecular formula is C21H20N2OS3. The van der Waals surface area contributed by atoms with E-state index in [0.29, 0.717) is 0 Å². The van der Waals surface area contributed by atoms with E-state index in [9.17, 15) is 0 Å². The van der Waals surface area contributed by atoms with E-state index in [2.05, 4.69) is 47.8 Å². The van der Waals surface area contributed by atoms with Gasteiger partial charge >= 0.3 is 0 Å². The molecule has 0 fully saturated rings. The van der Waals surface area contributed by atoms with E-state index < -0.39 is 0 Å². The molecule has 27 heavy (non-hydrogen) atoms. The number of aliphatic hydroxyl groups is 1. The summed E-state index contributed by atoms with van der Waals surface area (Å²) in [5.41, 5.74) is 10.7. The van der Waals surface area contributed by atoms with E-state index in [-0.39, 0.29) is 6.61 Å². The largest absolute Gasteiger partial charge is 0.397 e. The van der Waals surface area contributed by atoms with Crippen LogP contribution in [0.4, 0.5) is 5.69 Å². The van der Waals surface area contributed by atoms with Gasteiger partial charge < -0.3 is 10.8 Å². The lowest BCUT2D eigenvalue weighted by Gasteiger charge is -2.08. The number of nitrogens with zero attached hydrogens (tertiary/aromatic N) is 1. The second-order valence-corrected chi connectivity index (χ2v) is 9.47. The molecule has 138 valence electrons.